The number of carbonyl (C=O) groups excluding carboxylic acids is 2. The minimum absolute atomic E-state index is 0.0101. The number of ether oxygens (including phenoxy) is 4. The standard InChI is InChI=1S/C46H52O8/c1-29(2)37-22-20-31-14-17-32(18-15-31)26-33(19-16-30-10-6-5-7-11-30)27-39(47)51-42-40-38(23-21-34-28-35(24-25-50-4)44(48)52-41(34)40)54-46(3,36-12-8-9-13-36)43(42)53-45(37)49/h5-7,10-11,14-15,17-18,21,23,28,33,36,42-43H,8-9,12-13,16,19-20,22,24-27H2,1-4H3. The molecule has 3 aromatic carbocycles. The second-order valence-corrected chi connectivity index (χ2v) is 15.8. The van der Waals surface area contributed by atoms with Crippen molar-refractivity contribution < 1.29 is 33.0 Å². The Morgan fingerprint density at radius 2 is 1.59 bits per heavy atom. The summed E-state index contributed by atoms with van der Waals surface area (Å²) in [5.74, 6) is -0.356. The largest absolute Gasteiger partial charge is 0.483 e. The van der Waals surface area contributed by atoms with E-state index in [1.165, 1.54) is 5.56 Å². The summed E-state index contributed by atoms with van der Waals surface area (Å²) >= 11 is 0. The summed E-state index contributed by atoms with van der Waals surface area (Å²) in [5, 5.41) is 0.662. The molecule has 0 radical (unpaired) electrons. The maximum atomic E-state index is 14.5. The van der Waals surface area contributed by atoms with Gasteiger partial charge in [-0.15, -0.1) is 0 Å². The molecule has 4 heterocycles. The highest BCUT2D eigenvalue weighted by atomic mass is 16.6. The van der Waals surface area contributed by atoms with Crippen LogP contribution in [-0.4, -0.2) is 37.4 Å². The van der Waals surface area contributed by atoms with Gasteiger partial charge in [0.2, 0.25) is 0 Å². The van der Waals surface area contributed by atoms with Crippen LogP contribution in [0.2, 0.25) is 0 Å². The first kappa shape index (κ1) is 37.6. The van der Waals surface area contributed by atoms with Gasteiger partial charge in [0.15, 0.2) is 12.2 Å². The van der Waals surface area contributed by atoms with Crippen LogP contribution in [0.5, 0.6) is 5.75 Å². The normalized spacial score (nSPS) is 23.7. The van der Waals surface area contributed by atoms with Crippen molar-refractivity contribution in [2.45, 2.75) is 109 Å². The summed E-state index contributed by atoms with van der Waals surface area (Å²) in [4.78, 5) is 42.3. The Morgan fingerprint density at radius 3 is 2.31 bits per heavy atom. The highest BCUT2D eigenvalue weighted by molar-refractivity contribution is 5.90. The summed E-state index contributed by atoms with van der Waals surface area (Å²) in [6.45, 7) is 6.21. The maximum Gasteiger partial charge on any atom is 0.339 e. The van der Waals surface area contributed by atoms with Gasteiger partial charge in [0, 0.05) is 42.4 Å². The quantitative estimate of drug-likeness (QED) is 0.105. The molecule has 4 unspecified atom stereocenters. The third-order valence-corrected chi connectivity index (χ3v) is 11.9. The minimum Gasteiger partial charge on any atom is -0.483 e. The van der Waals surface area contributed by atoms with Gasteiger partial charge in [0.05, 0.1) is 12.2 Å². The highest BCUT2D eigenvalue weighted by Gasteiger charge is 2.56. The molecule has 1 fully saturated rings. The van der Waals surface area contributed by atoms with E-state index >= 15 is 0 Å². The topological polar surface area (TPSA) is 101 Å². The fourth-order valence-electron chi connectivity index (χ4n) is 8.74. The summed E-state index contributed by atoms with van der Waals surface area (Å²) in [6, 6.07) is 24.4. The van der Waals surface area contributed by atoms with Crippen LogP contribution in [-0.2, 0) is 49.5 Å². The maximum absolute atomic E-state index is 14.5. The van der Waals surface area contributed by atoms with Crippen molar-refractivity contribution in [3.63, 3.8) is 0 Å². The average Bonchev–Trinajstić information content (AvgIpc) is 3.71. The van der Waals surface area contributed by atoms with E-state index in [2.05, 4.69) is 36.4 Å². The molecule has 8 heteroatoms. The molecule has 54 heavy (non-hydrogen) atoms. The van der Waals surface area contributed by atoms with Crippen LogP contribution >= 0.6 is 0 Å². The molecule has 1 saturated carbocycles. The molecule has 0 spiro atoms. The Bertz CT molecular complexity index is 2050. The van der Waals surface area contributed by atoms with Crippen LogP contribution in [0.15, 0.2) is 93.2 Å². The van der Waals surface area contributed by atoms with Crippen molar-refractivity contribution in [2.24, 2.45) is 11.8 Å². The van der Waals surface area contributed by atoms with Crippen LogP contribution in [0, 0.1) is 11.8 Å². The SMILES string of the molecule is COCCc1cc2ccc3c(c2oc1=O)C1OC(=O)CC(CCc2ccccc2)Cc2ccc(cc2)CCC(=C(C)C)C(=O)OC1C(C)(C1CCCC1)O3. The van der Waals surface area contributed by atoms with Gasteiger partial charge in [-0.3, -0.25) is 4.79 Å². The van der Waals surface area contributed by atoms with E-state index in [1.807, 2.05) is 51.1 Å². The number of allylic oxidation sites excluding steroid dienone is 1. The Morgan fingerprint density at radius 1 is 0.852 bits per heavy atom. The number of hydrogen-bond acceptors (Lipinski definition) is 8. The third-order valence-electron chi connectivity index (χ3n) is 11.9. The highest BCUT2D eigenvalue weighted by Crippen LogP contribution is 2.52. The Kier molecular flexibility index (Phi) is 11.4. The molecule has 0 saturated heterocycles. The van der Waals surface area contributed by atoms with Crippen molar-refractivity contribution in [2.75, 3.05) is 13.7 Å². The minimum atomic E-state index is -1.08. The zero-order valence-electron chi connectivity index (χ0n) is 32.0. The monoisotopic (exact) mass is 732 g/mol. The molecule has 2 bridgehead atoms. The molecule has 8 rings (SSSR count). The van der Waals surface area contributed by atoms with Crippen molar-refractivity contribution in [3.05, 3.63) is 122 Å². The third kappa shape index (κ3) is 8.04. The fraction of sp³-hybridized carbons (Fsp3) is 0.457. The van der Waals surface area contributed by atoms with Gasteiger partial charge in [-0.05, 0) is 107 Å². The molecule has 0 amide bonds. The molecular weight excluding hydrogens is 680 g/mol. The Balaban J connectivity index is 1.35. The molecule has 0 N–H and O–H groups in total. The van der Waals surface area contributed by atoms with Crippen molar-refractivity contribution in [3.8, 4) is 5.75 Å². The summed E-state index contributed by atoms with van der Waals surface area (Å²) in [7, 11) is 1.59. The summed E-state index contributed by atoms with van der Waals surface area (Å²) in [5.41, 5.74) is 4.61. The zero-order valence-corrected chi connectivity index (χ0v) is 32.0. The predicted molar refractivity (Wildman–Crippen MR) is 207 cm³/mol. The van der Waals surface area contributed by atoms with Crippen molar-refractivity contribution >= 4 is 22.9 Å². The fourth-order valence-corrected chi connectivity index (χ4v) is 8.74. The lowest BCUT2D eigenvalue weighted by Crippen LogP contribution is -2.58. The van der Waals surface area contributed by atoms with Gasteiger partial charge in [-0.2, -0.15) is 0 Å². The summed E-state index contributed by atoms with van der Waals surface area (Å²) < 4.78 is 31.6. The molecule has 284 valence electrons. The predicted octanol–water partition coefficient (Wildman–Crippen LogP) is 8.98. The van der Waals surface area contributed by atoms with Gasteiger partial charge < -0.3 is 23.4 Å². The van der Waals surface area contributed by atoms with E-state index in [-0.39, 0.29) is 23.8 Å². The lowest BCUT2D eigenvalue weighted by molar-refractivity contribution is -0.199. The molecule has 1 aromatic heterocycles. The number of esters is 2. The zero-order chi connectivity index (χ0) is 37.8. The van der Waals surface area contributed by atoms with Crippen LogP contribution in [0.25, 0.3) is 11.0 Å². The van der Waals surface area contributed by atoms with Gasteiger partial charge in [-0.1, -0.05) is 73.0 Å². The van der Waals surface area contributed by atoms with Crippen molar-refractivity contribution in [1.29, 1.82) is 0 Å². The van der Waals surface area contributed by atoms with E-state index in [0.29, 0.717) is 60.1 Å². The van der Waals surface area contributed by atoms with Gasteiger partial charge >= 0.3 is 17.6 Å². The molecule has 1 aliphatic carbocycles. The van der Waals surface area contributed by atoms with E-state index < -0.39 is 35.4 Å². The number of fused-ring (bicyclic) bond motifs is 13. The number of hydrogen-bond donors (Lipinski definition) is 0. The second-order valence-electron chi connectivity index (χ2n) is 15.8. The summed E-state index contributed by atoms with van der Waals surface area (Å²) in [6.07, 6.45) is 5.80. The van der Waals surface area contributed by atoms with E-state index in [0.717, 1.165) is 55.2 Å². The first-order valence-corrected chi connectivity index (χ1v) is 19.6. The molecular formula is C46H52O8. The van der Waals surface area contributed by atoms with E-state index in [4.69, 9.17) is 23.4 Å². The van der Waals surface area contributed by atoms with Crippen molar-refractivity contribution in [1.82, 2.24) is 0 Å². The Labute approximate surface area is 317 Å². The van der Waals surface area contributed by atoms with E-state index in [9.17, 15) is 14.4 Å². The lowest BCUT2D eigenvalue weighted by Gasteiger charge is -2.48. The van der Waals surface area contributed by atoms with Crippen LogP contribution in [0.3, 0.4) is 0 Å². The van der Waals surface area contributed by atoms with Gasteiger partial charge in [-0.25, -0.2) is 9.59 Å². The first-order valence-electron chi connectivity index (χ1n) is 19.6. The van der Waals surface area contributed by atoms with Gasteiger partial charge in [0.1, 0.15) is 16.9 Å². The molecule has 3 aliphatic heterocycles. The molecule has 4 atom stereocenters. The van der Waals surface area contributed by atoms with Crippen LogP contribution in [0.1, 0.15) is 99.6 Å². The number of aryl methyl sites for hydroxylation is 2. The number of carbonyl (C=O) groups is 2. The number of rotatable bonds is 7. The van der Waals surface area contributed by atoms with Crippen LogP contribution in [0.4, 0.5) is 0 Å². The molecule has 4 aliphatic rings. The molecule has 4 aromatic rings. The Hall–Kier alpha value is -4.69. The average molecular weight is 733 g/mol. The smallest absolute Gasteiger partial charge is 0.339 e. The lowest BCUT2D eigenvalue weighted by atomic mass is 9.76. The number of benzene rings is 3. The van der Waals surface area contributed by atoms with Gasteiger partial charge in [0.25, 0.3) is 0 Å². The second kappa shape index (κ2) is 16.4. The van der Waals surface area contributed by atoms with Crippen LogP contribution < -0.4 is 10.4 Å². The first-order chi connectivity index (χ1) is 26.1. The molecule has 8 nitrogen and oxygen atoms in total. The number of methoxy groups -OCH3 is 1. The van der Waals surface area contributed by atoms with E-state index in [1.54, 1.807) is 13.2 Å².